The van der Waals surface area contributed by atoms with Crippen molar-refractivity contribution in [2.45, 2.75) is 0 Å². The number of aromatic nitrogens is 2. The van der Waals surface area contributed by atoms with Crippen LogP contribution in [0.25, 0.3) is 0 Å². The van der Waals surface area contributed by atoms with Gasteiger partial charge in [-0.3, -0.25) is 4.68 Å². The van der Waals surface area contributed by atoms with Crippen LogP contribution >= 0.6 is 15.9 Å². The summed E-state index contributed by atoms with van der Waals surface area (Å²) in [6.45, 7) is 1.34. The Labute approximate surface area is 109 Å². The highest BCUT2D eigenvalue weighted by Crippen LogP contribution is 2.15. The lowest BCUT2D eigenvalue weighted by atomic mass is 10.3. The van der Waals surface area contributed by atoms with Gasteiger partial charge >= 0.3 is 0 Å². The Bertz CT molecular complexity index is 467. The van der Waals surface area contributed by atoms with E-state index in [1.54, 1.807) is 4.68 Å². The van der Waals surface area contributed by atoms with Crippen molar-refractivity contribution in [2.75, 3.05) is 18.5 Å². The molecule has 2 aromatic rings. The van der Waals surface area contributed by atoms with Crippen molar-refractivity contribution in [3.63, 3.8) is 0 Å². The van der Waals surface area contributed by atoms with Gasteiger partial charge in [-0.2, -0.15) is 5.10 Å². The van der Waals surface area contributed by atoms with E-state index in [1.807, 2.05) is 43.6 Å². The van der Waals surface area contributed by atoms with Crippen LogP contribution in [0.2, 0.25) is 0 Å². The van der Waals surface area contributed by atoms with E-state index in [-0.39, 0.29) is 0 Å². The van der Waals surface area contributed by atoms with Crippen LogP contribution in [0.3, 0.4) is 0 Å². The van der Waals surface area contributed by atoms with Crippen LogP contribution in [-0.2, 0) is 7.05 Å². The van der Waals surface area contributed by atoms with Crippen LogP contribution in [0.5, 0.6) is 5.75 Å². The molecule has 0 aliphatic carbocycles. The average Bonchev–Trinajstić information content (AvgIpc) is 2.73. The largest absolute Gasteiger partial charge is 0.492 e. The lowest BCUT2D eigenvalue weighted by Gasteiger charge is -2.06. The Morgan fingerprint density at radius 2 is 2.06 bits per heavy atom. The second kappa shape index (κ2) is 5.72. The zero-order valence-corrected chi connectivity index (χ0v) is 11.1. The summed E-state index contributed by atoms with van der Waals surface area (Å²) in [5.74, 6) is 1.74. The second-order valence-electron chi connectivity index (χ2n) is 3.60. The lowest BCUT2D eigenvalue weighted by molar-refractivity contribution is 0.332. The summed E-state index contributed by atoms with van der Waals surface area (Å²) in [5, 5.41) is 7.39. The molecule has 5 heteroatoms. The number of ether oxygens (including phenoxy) is 1. The molecule has 1 aromatic carbocycles. The topological polar surface area (TPSA) is 39.1 Å². The van der Waals surface area contributed by atoms with Gasteiger partial charge in [0.1, 0.15) is 18.2 Å². The second-order valence-corrected chi connectivity index (χ2v) is 4.52. The third-order valence-corrected chi connectivity index (χ3v) is 2.73. The number of nitrogens with one attached hydrogen (secondary N) is 1. The Hall–Kier alpha value is -1.49. The van der Waals surface area contributed by atoms with Crippen molar-refractivity contribution in [1.82, 2.24) is 9.78 Å². The maximum atomic E-state index is 5.57. The molecule has 17 heavy (non-hydrogen) atoms. The number of anilines is 1. The molecule has 1 aromatic heterocycles. The van der Waals surface area contributed by atoms with Gasteiger partial charge in [0.05, 0.1) is 6.54 Å². The van der Waals surface area contributed by atoms with Crippen LogP contribution in [0.1, 0.15) is 0 Å². The van der Waals surface area contributed by atoms with Crippen molar-refractivity contribution in [2.24, 2.45) is 7.05 Å². The fourth-order valence-electron chi connectivity index (χ4n) is 1.39. The number of hydrogen-bond acceptors (Lipinski definition) is 3. The summed E-state index contributed by atoms with van der Waals surface area (Å²) in [7, 11) is 1.89. The van der Waals surface area contributed by atoms with E-state index >= 15 is 0 Å². The molecule has 1 heterocycles. The van der Waals surface area contributed by atoms with Gasteiger partial charge in [-0.25, -0.2) is 0 Å². The highest BCUT2D eigenvalue weighted by molar-refractivity contribution is 9.10. The zero-order valence-electron chi connectivity index (χ0n) is 9.56. The minimum atomic E-state index is 0.609. The monoisotopic (exact) mass is 295 g/mol. The van der Waals surface area contributed by atoms with E-state index in [4.69, 9.17) is 4.74 Å². The molecule has 0 fully saturated rings. The number of aryl methyl sites for hydroxylation is 1. The predicted octanol–water partition coefficient (Wildman–Crippen LogP) is 2.67. The van der Waals surface area contributed by atoms with Crippen molar-refractivity contribution < 1.29 is 4.74 Å². The smallest absolute Gasteiger partial charge is 0.148 e. The van der Waals surface area contributed by atoms with Gasteiger partial charge < -0.3 is 10.1 Å². The van der Waals surface area contributed by atoms with Crippen molar-refractivity contribution in [1.29, 1.82) is 0 Å². The average molecular weight is 296 g/mol. The van der Waals surface area contributed by atoms with E-state index in [0.29, 0.717) is 6.61 Å². The lowest BCUT2D eigenvalue weighted by Crippen LogP contribution is -2.11. The van der Waals surface area contributed by atoms with Crippen molar-refractivity contribution in [3.8, 4) is 5.75 Å². The molecule has 0 atom stereocenters. The first-order valence-electron chi connectivity index (χ1n) is 5.36. The fraction of sp³-hybridized carbons (Fsp3) is 0.250. The zero-order chi connectivity index (χ0) is 12.1. The highest BCUT2D eigenvalue weighted by atomic mass is 79.9. The van der Waals surface area contributed by atoms with Gasteiger partial charge in [0.15, 0.2) is 0 Å². The molecule has 0 saturated heterocycles. The van der Waals surface area contributed by atoms with E-state index in [1.165, 1.54) is 0 Å². The van der Waals surface area contributed by atoms with Crippen LogP contribution in [-0.4, -0.2) is 22.9 Å². The van der Waals surface area contributed by atoms with E-state index in [2.05, 4.69) is 26.3 Å². The first-order valence-corrected chi connectivity index (χ1v) is 6.15. The maximum absolute atomic E-state index is 5.57. The van der Waals surface area contributed by atoms with Gasteiger partial charge in [-0.15, -0.1) is 0 Å². The summed E-state index contributed by atoms with van der Waals surface area (Å²) < 4.78 is 8.39. The molecule has 0 radical (unpaired) electrons. The minimum absolute atomic E-state index is 0.609. The SMILES string of the molecule is Cn1ccc(NCCOc2ccc(Br)cc2)n1. The molecule has 0 saturated carbocycles. The Kier molecular flexibility index (Phi) is 4.03. The highest BCUT2D eigenvalue weighted by Gasteiger charge is 1.96. The molecule has 1 N–H and O–H groups in total. The summed E-state index contributed by atoms with van der Waals surface area (Å²) in [6.07, 6.45) is 1.90. The normalized spacial score (nSPS) is 10.2. The molecule has 90 valence electrons. The molecule has 0 aliphatic rings. The molecular formula is C12H14BrN3O. The van der Waals surface area contributed by atoms with Crippen LogP contribution in [0.4, 0.5) is 5.82 Å². The van der Waals surface area contributed by atoms with Gasteiger partial charge in [0.2, 0.25) is 0 Å². The van der Waals surface area contributed by atoms with Gasteiger partial charge in [0.25, 0.3) is 0 Å². The molecule has 0 bridgehead atoms. The summed E-state index contributed by atoms with van der Waals surface area (Å²) in [6, 6.07) is 9.72. The van der Waals surface area contributed by atoms with Crippen molar-refractivity contribution >= 4 is 21.7 Å². The number of hydrogen-bond donors (Lipinski definition) is 1. The van der Waals surface area contributed by atoms with E-state index in [9.17, 15) is 0 Å². The quantitative estimate of drug-likeness (QED) is 0.862. The Balaban J connectivity index is 1.71. The number of halogens is 1. The minimum Gasteiger partial charge on any atom is -0.492 e. The molecule has 0 spiro atoms. The van der Waals surface area contributed by atoms with Crippen LogP contribution in [0, 0.1) is 0 Å². The molecule has 0 unspecified atom stereocenters. The third-order valence-electron chi connectivity index (χ3n) is 2.20. The van der Waals surface area contributed by atoms with E-state index < -0.39 is 0 Å². The Morgan fingerprint density at radius 1 is 1.29 bits per heavy atom. The third kappa shape index (κ3) is 3.78. The number of nitrogens with zero attached hydrogens (tertiary/aromatic N) is 2. The fourth-order valence-corrected chi connectivity index (χ4v) is 1.65. The van der Waals surface area contributed by atoms with Crippen LogP contribution < -0.4 is 10.1 Å². The molecule has 4 nitrogen and oxygen atoms in total. The maximum Gasteiger partial charge on any atom is 0.148 e. The molecule has 0 amide bonds. The van der Waals surface area contributed by atoms with Gasteiger partial charge in [0, 0.05) is 23.8 Å². The summed E-state index contributed by atoms with van der Waals surface area (Å²) >= 11 is 3.38. The first kappa shape index (κ1) is 12.0. The first-order chi connectivity index (χ1) is 8.24. The van der Waals surface area contributed by atoms with Gasteiger partial charge in [-0.1, -0.05) is 15.9 Å². The van der Waals surface area contributed by atoms with E-state index in [0.717, 1.165) is 22.6 Å². The van der Waals surface area contributed by atoms with Crippen molar-refractivity contribution in [3.05, 3.63) is 41.0 Å². The summed E-state index contributed by atoms with van der Waals surface area (Å²) in [5.41, 5.74) is 0. The molecule has 0 aliphatic heterocycles. The standard InChI is InChI=1S/C12H14BrN3O/c1-16-8-6-12(15-16)14-7-9-17-11-4-2-10(13)3-5-11/h2-6,8H,7,9H2,1H3,(H,14,15). The Morgan fingerprint density at radius 3 is 2.71 bits per heavy atom. The number of benzene rings is 1. The predicted molar refractivity (Wildman–Crippen MR) is 71.3 cm³/mol. The van der Waals surface area contributed by atoms with Gasteiger partial charge in [-0.05, 0) is 24.3 Å². The van der Waals surface area contributed by atoms with Crippen LogP contribution in [0.15, 0.2) is 41.0 Å². The molecule has 2 rings (SSSR count). The summed E-state index contributed by atoms with van der Waals surface area (Å²) in [4.78, 5) is 0. The molecular weight excluding hydrogens is 282 g/mol. The number of rotatable bonds is 5.